The van der Waals surface area contributed by atoms with Crippen molar-refractivity contribution in [2.75, 3.05) is 17.7 Å². The van der Waals surface area contributed by atoms with Gasteiger partial charge in [-0.3, -0.25) is 4.79 Å². The van der Waals surface area contributed by atoms with Gasteiger partial charge in [-0.15, -0.1) is 5.10 Å². The smallest absolute Gasteiger partial charge is 0.306 e. The zero-order chi connectivity index (χ0) is 13.0. The van der Waals surface area contributed by atoms with Crippen LogP contribution in [0.3, 0.4) is 0 Å². The first-order chi connectivity index (χ1) is 8.69. The van der Waals surface area contributed by atoms with Gasteiger partial charge in [0.1, 0.15) is 5.75 Å². The average molecular weight is 247 g/mol. The largest absolute Gasteiger partial charge is 0.494 e. The van der Waals surface area contributed by atoms with Gasteiger partial charge in [-0.25, -0.2) is 5.10 Å². The van der Waals surface area contributed by atoms with Crippen LogP contribution in [0.25, 0.3) is 0 Å². The van der Waals surface area contributed by atoms with Crippen LogP contribution in [0.15, 0.2) is 29.1 Å². The number of benzene rings is 1. The number of aromatic amines is 1. The summed E-state index contributed by atoms with van der Waals surface area (Å²) in [5.74, 6) is 0.889. The third kappa shape index (κ3) is 2.76. The highest BCUT2D eigenvalue weighted by atomic mass is 16.5. The van der Waals surface area contributed by atoms with Crippen LogP contribution in [0.5, 0.6) is 5.75 Å². The lowest BCUT2D eigenvalue weighted by atomic mass is 10.3. The molecule has 0 bridgehead atoms. The second-order valence-corrected chi connectivity index (χ2v) is 3.46. The Hall–Kier alpha value is -2.57. The summed E-state index contributed by atoms with van der Waals surface area (Å²) in [4.78, 5) is 14.8. The molecule has 7 heteroatoms. The van der Waals surface area contributed by atoms with Crippen LogP contribution >= 0.6 is 0 Å². The zero-order valence-electron chi connectivity index (χ0n) is 9.80. The molecular formula is C11H13N5O2. The molecule has 4 N–H and O–H groups in total. The lowest BCUT2D eigenvalue weighted by molar-refractivity contribution is 0.340. The van der Waals surface area contributed by atoms with Crippen LogP contribution in [0.2, 0.25) is 0 Å². The summed E-state index contributed by atoms with van der Waals surface area (Å²) in [6.07, 6.45) is 0. The van der Waals surface area contributed by atoms with E-state index in [0.29, 0.717) is 6.61 Å². The van der Waals surface area contributed by atoms with Crippen molar-refractivity contribution in [1.82, 2.24) is 15.2 Å². The Morgan fingerprint density at radius 2 is 2.11 bits per heavy atom. The maximum absolute atomic E-state index is 11.0. The molecule has 0 radical (unpaired) electrons. The van der Waals surface area contributed by atoms with Gasteiger partial charge in [0.15, 0.2) is 5.82 Å². The van der Waals surface area contributed by atoms with Gasteiger partial charge in [0.25, 0.3) is 0 Å². The number of hydrogen-bond donors (Lipinski definition) is 3. The molecule has 1 heterocycles. The Labute approximate surface area is 103 Å². The number of nitrogen functional groups attached to an aromatic ring is 1. The monoisotopic (exact) mass is 247 g/mol. The van der Waals surface area contributed by atoms with Crippen molar-refractivity contribution in [1.29, 1.82) is 0 Å². The molecule has 1 aromatic heterocycles. The predicted molar refractivity (Wildman–Crippen MR) is 68.0 cm³/mol. The summed E-state index contributed by atoms with van der Waals surface area (Å²) in [5.41, 5.74) is 5.64. The second-order valence-electron chi connectivity index (χ2n) is 3.46. The number of hydrogen-bond acceptors (Lipinski definition) is 6. The van der Waals surface area contributed by atoms with E-state index in [-0.39, 0.29) is 11.8 Å². The van der Waals surface area contributed by atoms with E-state index >= 15 is 0 Å². The fourth-order valence-electron chi connectivity index (χ4n) is 1.34. The molecule has 0 unspecified atom stereocenters. The Morgan fingerprint density at radius 1 is 1.39 bits per heavy atom. The van der Waals surface area contributed by atoms with E-state index in [2.05, 4.69) is 20.5 Å². The molecule has 0 aliphatic heterocycles. The molecule has 2 aromatic rings. The number of nitrogens with one attached hydrogen (secondary N) is 2. The first-order valence-corrected chi connectivity index (χ1v) is 5.41. The number of nitrogens with two attached hydrogens (primary N) is 1. The molecule has 94 valence electrons. The molecule has 0 aliphatic carbocycles. The molecule has 0 saturated carbocycles. The highest BCUT2D eigenvalue weighted by Gasteiger charge is 2.02. The first-order valence-electron chi connectivity index (χ1n) is 5.41. The van der Waals surface area contributed by atoms with Gasteiger partial charge in [-0.2, -0.15) is 4.98 Å². The molecular weight excluding hydrogens is 234 g/mol. The summed E-state index contributed by atoms with van der Waals surface area (Å²) >= 11 is 0. The SMILES string of the molecule is CCOc1ccc(Nc2n[nH]c(=O)c(N)n2)cc1. The fraction of sp³-hybridized carbons (Fsp3) is 0.182. The van der Waals surface area contributed by atoms with Crippen LogP contribution in [0, 0.1) is 0 Å². The molecule has 7 nitrogen and oxygen atoms in total. The van der Waals surface area contributed by atoms with Crippen LogP contribution in [0.4, 0.5) is 17.5 Å². The third-order valence-electron chi connectivity index (χ3n) is 2.14. The van der Waals surface area contributed by atoms with E-state index in [4.69, 9.17) is 10.5 Å². The minimum Gasteiger partial charge on any atom is -0.494 e. The van der Waals surface area contributed by atoms with E-state index in [0.717, 1.165) is 11.4 Å². The number of anilines is 3. The summed E-state index contributed by atoms with van der Waals surface area (Å²) in [5, 5.41) is 8.88. The van der Waals surface area contributed by atoms with Gasteiger partial charge in [0.2, 0.25) is 5.95 Å². The lowest BCUT2D eigenvalue weighted by Crippen LogP contribution is -2.16. The Balaban J connectivity index is 2.13. The highest BCUT2D eigenvalue weighted by molar-refractivity contribution is 5.54. The number of aromatic nitrogens is 3. The summed E-state index contributed by atoms with van der Waals surface area (Å²) in [6.45, 7) is 2.54. The van der Waals surface area contributed by atoms with Gasteiger partial charge in [0.05, 0.1) is 6.61 Å². The van der Waals surface area contributed by atoms with E-state index in [9.17, 15) is 4.79 Å². The molecule has 18 heavy (non-hydrogen) atoms. The van der Waals surface area contributed by atoms with Gasteiger partial charge < -0.3 is 15.8 Å². The molecule has 0 amide bonds. The van der Waals surface area contributed by atoms with Gasteiger partial charge in [0, 0.05) is 5.69 Å². The van der Waals surface area contributed by atoms with E-state index in [1.54, 1.807) is 0 Å². The summed E-state index contributed by atoms with van der Waals surface area (Å²) < 4.78 is 5.32. The Bertz CT molecular complexity index is 579. The first kappa shape index (κ1) is 11.9. The quantitative estimate of drug-likeness (QED) is 0.740. The molecule has 0 atom stereocenters. The molecule has 2 rings (SSSR count). The number of nitrogens with zero attached hydrogens (tertiary/aromatic N) is 2. The van der Waals surface area contributed by atoms with E-state index in [1.165, 1.54) is 0 Å². The van der Waals surface area contributed by atoms with E-state index < -0.39 is 5.56 Å². The maximum Gasteiger partial charge on any atom is 0.306 e. The third-order valence-corrected chi connectivity index (χ3v) is 2.14. The number of rotatable bonds is 4. The van der Waals surface area contributed by atoms with Gasteiger partial charge in [-0.05, 0) is 31.2 Å². The van der Waals surface area contributed by atoms with Crippen LogP contribution < -0.4 is 21.3 Å². The van der Waals surface area contributed by atoms with Crippen LogP contribution in [-0.2, 0) is 0 Å². The normalized spacial score (nSPS) is 10.1. The van der Waals surface area contributed by atoms with Gasteiger partial charge in [-0.1, -0.05) is 0 Å². The number of ether oxygens (including phenoxy) is 1. The number of H-pyrrole nitrogens is 1. The van der Waals surface area contributed by atoms with Crippen molar-refractivity contribution in [2.45, 2.75) is 6.92 Å². The summed E-state index contributed by atoms with van der Waals surface area (Å²) in [6, 6.07) is 7.27. The van der Waals surface area contributed by atoms with Crippen molar-refractivity contribution >= 4 is 17.5 Å². The molecule has 1 aromatic carbocycles. The Kier molecular flexibility index (Phi) is 3.42. The average Bonchev–Trinajstić information content (AvgIpc) is 2.37. The van der Waals surface area contributed by atoms with Crippen molar-refractivity contribution in [3.63, 3.8) is 0 Å². The van der Waals surface area contributed by atoms with Crippen molar-refractivity contribution in [3.8, 4) is 5.75 Å². The predicted octanol–water partition coefficient (Wildman–Crippen LogP) is 0.889. The van der Waals surface area contributed by atoms with Crippen LogP contribution in [-0.4, -0.2) is 21.8 Å². The standard InChI is InChI=1S/C11H13N5O2/c1-2-18-8-5-3-7(4-6-8)13-11-14-9(12)10(17)15-16-11/h3-6H,2H2,1H3,(H,15,17)(H3,12,13,14,16). The lowest BCUT2D eigenvalue weighted by Gasteiger charge is -2.06. The topological polar surface area (TPSA) is 106 Å². The van der Waals surface area contributed by atoms with E-state index in [1.807, 2.05) is 31.2 Å². The summed E-state index contributed by atoms with van der Waals surface area (Å²) in [7, 11) is 0. The molecule has 0 fully saturated rings. The fourth-order valence-corrected chi connectivity index (χ4v) is 1.34. The molecule has 0 aliphatic rings. The Morgan fingerprint density at radius 3 is 2.72 bits per heavy atom. The molecule has 0 spiro atoms. The van der Waals surface area contributed by atoms with Crippen molar-refractivity contribution in [3.05, 3.63) is 34.6 Å². The van der Waals surface area contributed by atoms with Crippen molar-refractivity contribution in [2.24, 2.45) is 0 Å². The van der Waals surface area contributed by atoms with Crippen LogP contribution in [0.1, 0.15) is 6.92 Å². The van der Waals surface area contributed by atoms with Gasteiger partial charge >= 0.3 is 5.56 Å². The zero-order valence-corrected chi connectivity index (χ0v) is 9.80. The highest BCUT2D eigenvalue weighted by Crippen LogP contribution is 2.17. The maximum atomic E-state index is 11.0. The minimum atomic E-state index is -0.507. The molecule has 0 saturated heterocycles. The minimum absolute atomic E-state index is 0.126. The van der Waals surface area contributed by atoms with Crippen molar-refractivity contribution < 1.29 is 4.74 Å². The second kappa shape index (κ2) is 5.17.